The number of H-pyrrole nitrogens is 1. The normalized spacial score (nSPS) is 14.4. The van der Waals surface area contributed by atoms with Gasteiger partial charge in [0.15, 0.2) is 5.82 Å². The third kappa shape index (κ3) is 4.47. The molecule has 1 aromatic heterocycles. The summed E-state index contributed by atoms with van der Waals surface area (Å²) in [5.41, 5.74) is 1.77. The fourth-order valence-corrected chi connectivity index (χ4v) is 3.64. The molecule has 1 fully saturated rings. The number of nitrogens with zero attached hydrogens (tertiary/aromatic N) is 3. The number of nitrogens with one attached hydrogen (secondary N) is 2. The van der Waals surface area contributed by atoms with Crippen LogP contribution in [-0.2, 0) is 0 Å². The Morgan fingerprint density at radius 2 is 2.03 bits per heavy atom. The van der Waals surface area contributed by atoms with Crippen LogP contribution in [0.25, 0.3) is 11.4 Å². The molecule has 2 heterocycles. The van der Waals surface area contributed by atoms with E-state index in [-0.39, 0.29) is 17.1 Å². The fraction of sp³-hybridized carbons (Fsp3) is 0.286. The molecule has 0 bridgehead atoms. The number of anilines is 2. The molecule has 0 spiro atoms. The van der Waals surface area contributed by atoms with Gasteiger partial charge >= 0.3 is 5.76 Å². The molecule has 3 aromatic rings. The number of benzene rings is 2. The number of hydrogen-bond acceptors (Lipinski definition) is 7. The van der Waals surface area contributed by atoms with Gasteiger partial charge in [0.1, 0.15) is 0 Å². The summed E-state index contributed by atoms with van der Waals surface area (Å²) < 4.78 is 4.52. The molecule has 0 radical (unpaired) electrons. The number of nitro groups is 1. The predicted octanol–water partition coefficient (Wildman–Crippen LogP) is 3.43. The van der Waals surface area contributed by atoms with Crippen LogP contribution in [0, 0.1) is 16.0 Å². The van der Waals surface area contributed by atoms with Crippen molar-refractivity contribution in [2.45, 2.75) is 19.8 Å². The van der Waals surface area contributed by atoms with Crippen LogP contribution >= 0.6 is 0 Å². The molecule has 1 amide bonds. The number of hydrogen-bond donors (Lipinski definition) is 2. The Bertz CT molecular complexity index is 1180. The molecule has 0 atom stereocenters. The lowest BCUT2D eigenvalue weighted by Gasteiger charge is -2.33. The minimum atomic E-state index is -0.679. The van der Waals surface area contributed by atoms with Crippen molar-refractivity contribution in [3.05, 3.63) is 68.7 Å². The van der Waals surface area contributed by atoms with Crippen LogP contribution in [-0.4, -0.2) is 34.1 Å². The topological polar surface area (TPSA) is 134 Å². The second-order valence-electron chi connectivity index (χ2n) is 7.61. The Hall–Kier alpha value is -3.95. The van der Waals surface area contributed by atoms with Gasteiger partial charge in [0.25, 0.3) is 11.6 Å². The average molecular weight is 423 g/mol. The lowest BCUT2D eigenvalue weighted by Crippen LogP contribution is -2.34. The van der Waals surface area contributed by atoms with E-state index in [9.17, 15) is 19.7 Å². The van der Waals surface area contributed by atoms with Crippen LogP contribution in [0.2, 0.25) is 0 Å². The Kier molecular flexibility index (Phi) is 5.52. The van der Waals surface area contributed by atoms with Gasteiger partial charge in [-0.1, -0.05) is 24.2 Å². The maximum Gasteiger partial charge on any atom is 0.439 e. The number of amides is 1. The summed E-state index contributed by atoms with van der Waals surface area (Å²) >= 11 is 0. The number of piperidine rings is 1. The lowest BCUT2D eigenvalue weighted by atomic mass is 9.98. The Morgan fingerprint density at radius 3 is 2.71 bits per heavy atom. The minimum absolute atomic E-state index is 0.145. The Balaban J connectivity index is 1.63. The first-order valence-corrected chi connectivity index (χ1v) is 9.92. The molecule has 2 aromatic carbocycles. The van der Waals surface area contributed by atoms with Gasteiger partial charge < -0.3 is 10.2 Å². The van der Waals surface area contributed by atoms with E-state index in [2.05, 4.69) is 31.8 Å². The maximum absolute atomic E-state index is 13.1. The van der Waals surface area contributed by atoms with Gasteiger partial charge in [0, 0.05) is 36.5 Å². The van der Waals surface area contributed by atoms with Crippen LogP contribution in [0.3, 0.4) is 0 Å². The van der Waals surface area contributed by atoms with Gasteiger partial charge in [-0.2, -0.15) is 0 Å². The molecule has 1 aliphatic rings. The van der Waals surface area contributed by atoms with Gasteiger partial charge in [0.05, 0.1) is 16.2 Å². The second-order valence-corrected chi connectivity index (χ2v) is 7.61. The van der Waals surface area contributed by atoms with Crippen LogP contribution in [0.4, 0.5) is 17.1 Å². The predicted molar refractivity (Wildman–Crippen MR) is 114 cm³/mol. The van der Waals surface area contributed by atoms with E-state index >= 15 is 0 Å². The molecule has 0 aliphatic carbocycles. The quantitative estimate of drug-likeness (QED) is 0.474. The first-order chi connectivity index (χ1) is 14.9. The first kappa shape index (κ1) is 20.3. The van der Waals surface area contributed by atoms with E-state index in [1.165, 1.54) is 12.1 Å². The molecule has 1 saturated heterocycles. The summed E-state index contributed by atoms with van der Waals surface area (Å²) in [6, 6.07) is 11.1. The molecular formula is C21H21N5O5. The van der Waals surface area contributed by atoms with Gasteiger partial charge in [-0.15, -0.1) is 0 Å². The highest BCUT2D eigenvalue weighted by Crippen LogP contribution is 2.30. The Morgan fingerprint density at radius 1 is 1.26 bits per heavy atom. The van der Waals surface area contributed by atoms with Gasteiger partial charge in [-0.25, -0.2) is 4.79 Å². The highest BCUT2D eigenvalue weighted by atomic mass is 16.6. The third-order valence-corrected chi connectivity index (χ3v) is 5.39. The van der Waals surface area contributed by atoms with Crippen LogP contribution < -0.4 is 16.0 Å². The summed E-state index contributed by atoms with van der Waals surface area (Å²) in [6.07, 6.45) is 1.99. The van der Waals surface area contributed by atoms with E-state index < -0.39 is 16.6 Å². The smallest absolute Gasteiger partial charge is 0.371 e. The Labute approximate surface area is 177 Å². The molecule has 4 rings (SSSR count). The molecule has 160 valence electrons. The zero-order valence-electron chi connectivity index (χ0n) is 16.8. The standard InChI is InChI=1S/C21H21N5O5/c1-13-7-9-25(10-8-13)18-6-5-16(26(29)30)12-17(18)20(27)22-15-4-2-3-14(11-15)19-23-21(28)31-24-19/h2-6,11-13H,7-10H2,1H3,(H,22,27)(H,23,24,28). The van der Waals surface area contributed by atoms with E-state index in [1.807, 2.05) is 0 Å². The van der Waals surface area contributed by atoms with Crippen molar-refractivity contribution in [1.29, 1.82) is 0 Å². The van der Waals surface area contributed by atoms with Crippen molar-refractivity contribution in [3.8, 4) is 11.4 Å². The van der Waals surface area contributed by atoms with Crippen molar-refractivity contribution in [2.24, 2.45) is 5.92 Å². The number of rotatable bonds is 5. The van der Waals surface area contributed by atoms with Gasteiger partial charge in [0.2, 0.25) is 0 Å². The third-order valence-electron chi connectivity index (χ3n) is 5.39. The fourth-order valence-electron chi connectivity index (χ4n) is 3.64. The van der Waals surface area contributed by atoms with Crippen LogP contribution in [0.1, 0.15) is 30.1 Å². The molecule has 31 heavy (non-hydrogen) atoms. The van der Waals surface area contributed by atoms with Crippen molar-refractivity contribution < 1.29 is 14.2 Å². The van der Waals surface area contributed by atoms with Crippen molar-refractivity contribution >= 4 is 23.0 Å². The molecule has 0 unspecified atom stereocenters. The minimum Gasteiger partial charge on any atom is -0.371 e. The second kappa shape index (κ2) is 8.42. The SMILES string of the molecule is CC1CCN(c2ccc([N+](=O)[O-])cc2C(=O)Nc2cccc(-c3noc(=O)[nH]3)c2)CC1. The van der Waals surface area contributed by atoms with Crippen molar-refractivity contribution in [1.82, 2.24) is 10.1 Å². The molecule has 10 nitrogen and oxygen atoms in total. The summed E-state index contributed by atoms with van der Waals surface area (Å²) in [6.45, 7) is 3.76. The maximum atomic E-state index is 13.1. The van der Waals surface area contributed by atoms with Gasteiger partial charge in [-0.05, 0) is 37.0 Å². The van der Waals surface area contributed by atoms with E-state index in [0.29, 0.717) is 22.9 Å². The van der Waals surface area contributed by atoms with Crippen molar-refractivity contribution in [3.63, 3.8) is 0 Å². The largest absolute Gasteiger partial charge is 0.439 e. The van der Waals surface area contributed by atoms with E-state index in [4.69, 9.17) is 0 Å². The molecule has 1 aliphatic heterocycles. The number of aromatic amines is 1. The van der Waals surface area contributed by atoms with Gasteiger partial charge in [-0.3, -0.25) is 24.4 Å². The summed E-state index contributed by atoms with van der Waals surface area (Å²) in [5, 5.41) is 17.7. The number of aromatic nitrogens is 2. The number of non-ortho nitro benzene ring substituents is 1. The average Bonchev–Trinajstić information content (AvgIpc) is 3.20. The molecule has 10 heteroatoms. The summed E-state index contributed by atoms with van der Waals surface area (Å²) in [4.78, 5) is 39.6. The lowest BCUT2D eigenvalue weighted by molar-refractivity contribution is -0.384. The molecule has 2 N–H and O–H groups in total. The zero-order valence-corrected chi connectivity index (χ0v) is 16.8. The van der Waals surface area contributed by atoms with E-state index in [0.717, 1.165) is 25.9 Å². The van der Waals surface area contributed by atoms with Crippen LogP contribution in [0.5, 0.6) is 0 Å². The first-order valence-electron chi connectivity index (χ1n) is 9.92. The molecular weight excluding hydrogens is 402 g/mol. The zero-order chi connectivity index (χ0) is 22.0. The van der Waals surface area contributed by atoms with Crippen molar-refractivity contribution in [2.75, 3.05) is 23.3 Å². The summed E-state index contributed by atoms with van der Waals surface area (Å²) in [7, 11) is 0. The summed E-state index contributed by atoms with van der Waals surface area (Å²) in [5.74, 6) is -0.290. The van der Waals surface area contributed by atoms with E-state index in [1.54, 1.807) is 30.3 Å². The molecule has 0 saturated carbocycles. The number of carbonyl (C=O) groups excluding carboxylic acids is 1. The number of nitro benzene ring substituents is 1. The number of carbonyl (C=O) groups is 1. The highest BCUT2D eigenvalue weighted by molar-refractivity contribution is 6.08. The van der Waals surface area contributed by atoms with Crippen LogP contribution in [0.15, 0.2) is 51.8 Å². The monoisotopic (exact) mass is 423 g/mol. The highest BCUT2D eigenvalue weighted by Gasteiger charge is 2.23.